The van der Waals surface area contributed by atoms with Crippen LogP contribution < -0.4 is 22.3 Å². The maximum atomic E-state index is 11.9. The van der Waals surface area contributed by atoms with E-state index in [1.807, 2.05) is 0 Å². The van der Waals surface area contributed by atoms with Gasteiger partial charge < -0.3 is 30.0 Å². The zero-order valence-corrected chi connectivity index (χ0v) is 14.5. The predicted molar refractivity (Wildman–Crippen MR) is 84.1 cm³/mol. The fourth-order valence-electron chi connectivity index (χ4n) is 2.25. The average molecular weight is 378 g/mol. The fraction of sp³-hybridized carbons (Fsp3) is 0.636. The molecule has 1 fully saturated rings. The molecule has 1 aromatic rings. The molecule has 0 radical (unpaired) electrons. The van der Waals surface area contributed by atoms with Gasteiger partial charge in [-0.2, -0.15) is 0 Å². The lowest BCUT2D eigenvalue weighted by Crippen LogP contribution is -2.33. The normalized spacial score (nSPS) is 24.8. The minimum absolute atomic E-state index is 0. The summed E-state index contributed by atoms with van der Waals surface area (Å²) >= 11 is 0. The Morgan fingerprint density at radius 1 is 1.64 bits per heavy atom. The number of aliphatic hydroxyl groups excluding tert-OH is 1. The van der Waals surface area contributed by atoms with Crippen molar-refractivity contribution in [2.75, 3.05) is 13.0 Å². The molecule has 140 valence electrons. The Labute approximate surface area is 141 Å². The van der Waals surface area contributed by atoms with Crippen LogP contribution in [0.4, 0.5) is 0 Å². The third kappa shape index (κ3) is 5.00. The van der Waals surface area contributed by atoms with Crippen molar-refractivity contribution in [2.24, 2.45) is 5.11 Å². The van der Waals surface area contributed by atoms with Crippen molar-refractivity contribution < 1.29 is 23.8 Å². The Morgan fingerprint density at radius 2 is 2.32 bits per heavy atom. The number of aromatic amines is 1. The second-order valence-corrected chi connectivity index (χ2v) is 6.93. The Morgan fingerprint density at radius 3 is 2.92 bits per heavy atom. The molecule has 4 atom stereocenters. The van der Waals surface area contributed by atoms with E-state index in [1.54, 1.807) is 0 Å². The van der Waals surface area contributed by atoms with Crippen molar-refractivity contribution in [1.29, 1.82) is 0 Å². The number of quaternary nitrogens is 1. The molecular weight excluding hydrogens is 359 g/mol. The van der Waals surface area contributed by atoms with Gasteiger partial charge in [-0.05, 0) is 12.5 Å². The smallest absolute Gasteiger partial charge is 0.330 e. The molecule has 25 heavy (non-hydrogen) atoms. The van der Waals surface area contributed by atoms with Gasteiger partial charge in [-0.3, -0.25) is 14.3 Å². The van der Waals surface area contributed by atoms with Crippen molar-refractivity contribution in [3.8, 4) is 0 Å². The maximum absolute atomic E-state index is 11.9. The summed E-state index contributed by atoms with van der Waals surface area (Å²) in [7, 11) is -4.41. The summed E-state index contributed by atoms with van der Waals surface area (Å²) in [6.07, 6.45) is -1.58. The molecule has 0 bridgehead atoms. The van der Waals surface area contributed by atoms with E-state index >= 15 is 0 Å². The van der Waals surface area contributed by atoms with Gasteiger partial charge in [-0.15, -0.1) is 0 Å². The van der Waals surface area contributed by atoms with Crippen molar-refractivity contribution in [3.63, 3.8) is 0 Å². The summed E-state index contributed by atoms with van der Waals surface area (Å²) in [6.45, 7) is 1.03. The summed E-state index contributed by atoms with van der Waals surface area (Å²) < 4.78 is 22.5. The number of nitrogens with zero attached hydrogens (tertiary/aromatic N) is 4. The van der Waals surface area contributed by atoms with Crippen LogP contribution in [-0.4, -0.2) is 39.8 Å². The van der Waals surface area contributed by atoms with Gasteiger partial charge in [-0.25, -0.2) is 4.79 Å². The number of nitrogens with one attached hydrogen (secondary N) is 1. The first-order valence-corrected chi connectivity index (χ1v) is 8.57. The van der Waals surface area contributed by atoms with E-state index in [-0.39, 0.29) is 18.1 Å². The number of aliphatic hydroxyl groups is 1. The molecule has 1 aliphatic rings. The van der Waals surface area contributed by atoms with Crippen LogP contribution in [0.2, 0.25) is 0 Å². The summed E-state index contributed by atoms with van der Waals surface area (Å²) in [4.78, 5) is 39.3. The molecular formula is C11H19N6O7P. The van der Waals surface area contributed by atoms with E-state index in [2.05, 4.69) is 19.5 Å². The topological polar surface area (TPSA) is 219 Å². The largest absolute Gasteiger partial charge is 0.777 e. The molecule has 0 spiro atoms. The van der Waals surface area contributed by atoms with Gasteiger partial charge in [0.1, 0.15) is 12.6 Å². The third-order valence-electron chi connectivity index (χ3n) is 3.47. The number of aromatic nitrogens is 2. The number of ether oxygens (including phenoxy) is 1. The van der Waals surface area contributed by atoms with Gasteiger partial charge in [0.2, 0.25) is 0 Å². The zero-order chi connectivity index (χ0) is 17.9. The molecule has 0 saturated carbocycles. The summed E-state index contributed by atoms with van der Waals surface area (Å²) in [5, 5.41) is 12.2. The molecule has 2 rings (SSSR count). The zero-order valence-electron chi connectivity index (χ0n) is 13.6. The second kappa shape index (κ2) is 8.41. The monoisotopic (exact) mass is 378 g/mol. The van der Waals surface area contributed by atoms with Crippen molar-refractivity contribution >= 4 is 7.60 Å². The van der Waals surface area contributed by atoms with Gasteiger partial charge in [0, 0.05) is 23.1 Å². The van der Waals surface area contributed by atoms with Crippen LogP contribution in [0.15, 0.2) is 20.9 Å². The molecule has 0 aliphatic carbocycles. The van der Waals surface area contributed by atoms with Crippen molar-refractivity contribution in [1.82, 2.24) is 15.7 Å². The lowest BCUT2D eigenvalue weighted by molar-refractivity contribution is -0.205. The van der Waals surface area contributed by atoms with Gasteiger partial charge in [-0.1, -0.05) is 5.11 Å². The standard InChI is InChI=1S/C11H16N5O7P.H3N/c1-6-3-16(11(19)13-10(6)18)9-2-7(14-15-12)8(23-9)4-22-24(20,21)5-17;/h3,7-9,17H,2,4-5H2,1H3,(H,20,21)(H,13,18,19);1H3/t7-,8+,9+;/m0./s1. The first-order chi connectivity index (χ1) is 11.3. The van der Waals surface area contributed by atoms with Crippen LogP contribution in [-0.2, 0) is 13.8 Å². The summed E-state index contributed by atoms with van der Waals surface area (Å²) in [5.74, 6) is 0. The quantitative estimate of drug-likeness (QED) is 0.259. The van der Waals surface area contributed by atoms with Crippen LogP contribution in [0.3, 0.4) is 0 Å². The van der Waals surface area contributed by atoms with Gasteiger partial charge >= 0.3 is 5.69 Å². The molecule has 1 aromatic heterocycles. The number of azide groups is 1. The minimum Gasteiger partial charge on any atom is -0.777 e. The fourth-order valence-corrected chi connectivity index (χ4v) is 2.71. The van der Waals surface area contributed by atoms with Crippen molar-refractivity contribution in [3.05, 3.63) is 43.0 Å². The first-order valence-electron chi connectivity index (χ1n) is 6.84. The number of H-pyrrole nitrogens is 1. The molecule has 14 heteroatoms. The van der Waals surface area contributed by atoms with E-state index < -0.39 is 50.2 Å². The lowest BCUT2D eigenvalue weighted by Gasteiger charge is -2.23. The molecule has 1 saturated heterocycles. The van der Waals surface area contributed by atoms with E-state index in [1.165, 1.54) is 13.1 Å². The second-order valence-electron chi connectivity index (χ2n) is 5.16. The number of rotatable bonds is 6. The van der Waals surface area contributed by atoms with Gasteiger partial charge in [0.05, 0.1) is 18.8 Å². The highest BCUT2D eigenvalue weighted by Crippen LogP contribution is 2.38. The highest BCUT2D eigenvalue weighted by Gasteiger charge is 2.37. The lowest BCUT2D eigenvalue weighted by atomic mass is 10.1. The number of aryl methyl sites for hydroxylation is 1. The molecule has 1 aliphatic heterocycles. The Hall–Kier alpha value is -1.98. The molecule has 0 amide bonds. The molecule has 6 N–H and O–H groups in total. The van der Waals surface area contributed by atoms with Crippen LogP contribution in [0.5, 0.6) is 0 Å². The van der Waals surface area contributed by atoms with E-state index in [0.717, 1.165) is 4.57 Å². The number of hydrogen-bond acceptors (Lipinski definition) is 8. The predicted octanol–water partition coefficient (Wildman–Crippen LogP) is -0.293. The Balaban J connectivity index is 0.00000312. The van der Waals surface area contributed by atoms with E-state index in [9.17, 15) is 19.0 Å². The molecule has 0 aromatic carbocycles. The molecule has 1 unspecified atom stereocenters. The first kappa shape index (κ1) is 21.1. The highest BCUT2D eigenvalue weighted by atomic mass is 31.2. The number of hydrogen-bond donors (Lipinski definition) is 3. The van der Waals surface area contributed by atoms with Crippen LogP contribution in [0, 0.1) is 6.92 Å². The van der Waals surface area contributed by atoms with E-state index in [0.29, 0.717) is 0 Å². The SMILES string of the molecule is Cc1cn([C@H]2C[C@H](N=[N+]=[N-])[C@@H](COP(=O)([O-])CO)O2)c(=O)[nH]c1=O.[NH4+]. The van der Waals surface area contributed by atoms with Crippen LogP contribution >= 0.6 is 7.60 Å². The molecule has 2 heterocycles. The summed E-state index contributed by atoms with van der Waals surface area (Å²) in [6, 6.07) is -0.780. The van der Waals surface area contributed by atoms with Gasteiger partial charge in [0.15, 0.2) is 7.60 Å². The minimum atomic E-state index is -4.41. The Bertz CT molecular complexity index is 816. The third-order valence-corrected chi connectivity index (χ3v) is 4.36. The van der Waals surface area contributed by atoms with Crippen molar-refractivity contribution in [2.45, 2.75) is 31.7 Å². The summed E-state index contributed by atoms with van der Waals surface area (Å²) in [5.41, 5.74) is 7.64. The highest BCUT2D eigenvalue weighted by molar-refractivity contribution is 7.51. The average Bonchev–Trinajstić information content (AvgIpc) is 2.92. The van der Waals surface area contributed by atoms with Crippen LogP contribution in [0.25, 0.3) is 10.4 Å². The van der Waals surface area contributed by atoms with Crippen LogP contribution in [0.1, 0.15) is 18.2 Å². The molecule has 13 nitrogen and oxygen atoms in total. The van der Waals surface area contributed by atoms with Gasteiger partial charge in [0.25, 0.3) is 5.56 Å². The van der Waals surface area contributed by atoms with E-state index in [4.69, 9.17) is 15.4 Å². The Kier molecular flexibility index (Phi) is 7.08. The maximum Gasteiger partial charge on any atom is 0.330 e.